The fourth-order valence-electron chi connectivity index (χ4n) is 3.45. The fourth-order valence-corrected chi connectivity index (χ4v) is 3.45. The van der Waals surface area contributed by atoms with Crippen LogP contribution in [0.1, 0.15) is 13.8 Å². The first-order chi connectivity index (χ1) is 12.6. The molecule has 2 rings (SSSR count). The highest BCUT2D eigenvalue weighted by Gasteiger charge is 2.18. The summed E-state index contributed by atoms with van der Waals surface area (Å²) in [6.07, 6.45) is 0. The van der Waals surface area contributed by atoms with Gasteiger partial charge in [-0.2, -0.15) is 0 Å². The molecule has 2 aliphatic rings. The van der Waals surface area contributed by atoms with E-state index in [0.29, 0.717) is 26.2 Å². The third-order valence-corrected chi connectivity index (χ3v) is 5.33. The molecule has 2 amide bonds. The molecule has 0 aromatic carbocycles. The van der Waals surface area contributed by atoms with Gasteiger partial charge in [-0.25, -0.2) is 0 Å². The number of amides is 2. The molecule has 0 atom stereocenters. The molecular weight excluding hydrogens is 332 g/mol. The average Bonchev–Trinajstić information content (AvgIpc) is 2.66. The third kappa shape index (κ3) is 7.57. The summed E-state index contributed by atoms with van der Waals surface area (Å²) in [6, 6.07) is 0. The van der Waals surface area contributed by atoms with Gasteiger partial charge < -0.3 is 20.4 Å². The molecule has 0 spiro atoms. The van der Waals surface area contributed by atoms with Gasteiger partial charge in [0.15, 0.2) is 0 Å². The number of likely N-dealkylation sites (N-methyl/N-ethyl adjacent to an activating group) is 2. The van der Waals surface area contributed by atoms with E-state index in [1.54, 1.807) is 0 Å². The molecule has 0 saturated carbocycles. The largest absolute Gasteiger partial charge is 0.353 e. The molecule has 8 heteroatoms. The van der Waals surface area contributed by atoms with Crippen LogP contribution in [0.15, 0.2) is 0 Å². The molecule has 2 saturated heterocycles. The Kier molecular flexibility index (Phi) is 9.31. The standard InChI is InChI=1S/C18H36N6O2/c1-3-21-7-11-23(12-8-21)15-17(25)19-5-6-20-18(26)16-24-13-9-22(4-2)10-14-24/h3-16H2,1-2H3,(H,19,25)(H,20,26). The summed E-state index contributed by atoms with van der Waals surface area (Å²) in [6.45, 7) is 16.3. The minimum atomic E-state index is 0.0416. The molecule has 0 unspecified atom stereocenters. The molecule has 8 nitrogen and oxygen atoms in total. The van der Waals surface area contributed by atoms with E-state index < -0.39 is 0 Å². The van der Waals surface area contributed by atoms with E-state index in [4.69, 9.17) is 0 Å². The summed E-state index contributed by atoms with van der Waals surface area (Å²) in [4.78, 5) is 33.2. The van der Waals surface area contributed by atoms with E-state index in [9.17, 15) is 9.59 Å². The van der Waals surface area contributed by atoms with Gasteiger partial charge in [0.05, 0.1) is 13.1 Å². The van der Waals surface area contributed by atoms with E-state index in [2.05, 4.69) is 44.1 Å². The molecule has 2 aliphatic heterocycles. The Morgan fingerprint density at radius 1 is 0.615 bits per heavy atom. The number of hydrogen-bond donors (Lipinski definition) is 2. The highest BCUT2D eigenvalue weighted by molar-refractivity contribution is 5.79. The Bertz CT molecular complexity index is 391. The van der Waals surface area contributed by atoms with Gasteiger partial charge in [-0.15, -0.1) is 0 Å². The van der Waals surface area contributed by atoms with Crippen molar-refractivity contribution in [3.05, 3.63) is 0 Å². The predicted molar refractivity (Wildman–Crippen MR) is 103 cm³/mol. The number of nitrogens with one attached hydrogen (secondary N) is 2. The van der Waals surface area contributed by atoms with Crippen LogP contribution in [0.25, 0.3) is 0 Å². The van der Waals surface area contributed by atoms with Crippen molar-refractivity contribution in [2.24, 2.45) is 0 Å². The van der Waals surface area contributed by atoms with Crippen molar-refractivity contribution in [2.45, 2.75) is 13.8 Å². The first-order valence-corrected chi connectivity index (χ1v) is 10.0. The smallest absolute Gasteiger partial charge is 0.234 e. The Morgan fingerprint density at radius 2 is 0.923 bits per heavy atom. The third-order valence-electron chi connectivity index (χ3n) is 5.33. The van der Waals surface area contributed by atoms with Crippen molar-refractivity contribution in [1.29, 1.82) is 0 Å². The van der Waals surface area contributed by atoms with Crippen LogP contribution in [0.2, 0.25) is 0 Å². The maximum Gasteiger partial charge on any atom is 0.234 e. The van der Waals surface area contributed by atoms with Crippen LogP contribution in [0.5, 0.6) is 0 Å². The van der Waals surface area contributed by atoms with Crippen LogP contribution in [0.4, 0.5) is 0 Å². The van der Waals surface area contributed by atoms with Crippen LogP contribution >= 0.6 is 0 Å². The summed E-state index contributed by atoms with van der Waals surface area (Å²) < 4.78 is 0. The number of hydrogen-bond acceptors (Lipinski definition) is 6. The molecule has 0 aliphatic carbocycles. The number of carbonyl (C=O) groups is 2. The van der Waals surface area contributed by atoms with Crippen molar-refractivity contribution >= 4 is 11.8 Å². The summed E-state index contributed by atoms with van der Waals surface area (Å²) in [5.74, 6) is 0.0831. The summed E-state index contributed by atoms with van der Waals surface area (Å²) >= 11 is 0. The molecule has 0 aromatic heterocycles. The van der Waals surface area contributed by atoms with Gasteiger partial charge in [-0.3, -0.25) is 19.4 Å². The zero-order chi connectivity index (χ0) is 18.8. The molecule has 26 heavy (non-hydrogen) atoms. The summed E-state index contributed by atoms with van der Waals surface area (Å²) in [5.41, 5.74) is 0. The van der Waals surface area contributed by atoms with Crippen LogP contribution in [0, 0.1) is 0 Å². The minimum Gasteiger partial charge on any atom is -0.353 e. The van der Waals surface area contributed by atoms with Gasteiger partial charge in [0.25, 0.3) is 0 Å². The Balaban J connectivity index is 1.49. The van der Waals surface area contributed by atoms with E-state index in [1.165, 1.54) is 0 Å². The van der Waals surface area contributed by atoms with E-state index in [0.717, 1.165) is 65.4 Å². The van der Waals surface area contributed by atoms with Gasteiger partial charge >= 0.3 is 0 Å². The van der Waals surface area contributed by atoms with Crippen molar-refractivity contribution in [1.82, 2.24) is 30.2 Å². The van der Waals surface area contributed by atoms with Crippen molar-refractivity contribution in [3.63, 3.8) is 0 Å². The summed E-state index contributed by atoms with van der Waals surface area (Å²) in [7, 11) is 0. The second-order valence-corrected chi connectivity index (χ2v) is 7.12. The predicted octanol–water partition coefficient (Wildman–Crippen LogP) is -1.51. The van der Waals surface area contributed by atoms with Gasteiger partial charge in [0.1, 0.15) is 0 Å². The van der Waals surface area contributed by atoms with Crippen molar-refractivity contribution in [3.8, 4) is 0 Å². The minimum absolute atomic E-state index is 0.0416. The zero-order valence-corrected chi connectivity index (χ0v) is 16.5. The maximum absolute atomic E-state index is 12.0. The lowest BCUT2D eigenvalue weighted by Crippen LogP contribution is -2.50. The van der Waals surface area contributed by atoms with Gasteiger partial charge in [0.2, 0.25) is 11.8 Å². The highest BCUT2D eigenvalue weighted by atomic mass is 16.2. The van der Waals surface area contributed by atoms with Gasteiger partial charge in [-0.05, 0) is 13.1 Å². The van der Waals surface area contributed by atoms with Gasteiger partial charge in [0, 0.05) is 65.4 Å². The highest BCUT2D eigenvalue weighted by Crippen LogP contribution is 2.01. The molecular formula is C18H36N6O2. The Labute approximate surface area is 157 Å². The number of carbonyl (C=O) groups excluding carboxylic acids is 2. The van der Waals surface area contributed by atoms with E-state index in [-0.39, 0.29) is 11.8 Å². The fraction of sp³-hybridized carbons (Fsp3) is 0.889. The van der Waals surface area contributed by atoms with Crippen LogP contribution in [0.3, 0.4) is 0 Å². The van der Waals surface area contributed by atoms with Crippen LogP contribution in [-0.4, -0.2) is 123 Å². The monoisotopic (exact) mass is 368 g/mol. The van der Waals surface area contributed by atoms with E-state index >= 15 is 0 Å². The number of nitrogens with zero attached hydrogens (tertiary/aromatic N) is 4. The molecule has 150 valence electrons. The zero-order valence-electron chi connectivity index (χ0n) is 16.5. The molecule has 2 heterocycles. The SMILES string of the molecule is CCN1CCN(CC(=O)NCCNC(=O)CN2CCN(CC)CC2)CC1. The van der Waals surface area contributed by atoms with Gasteiger partial charge in [-0.1, -0.05) is 13.8 Å². The first kappa shape index (κ1) is 21.1. The maximum atomic E-state index is 12.0. The first-order valence-electron chi connectivity index (χ1n) is 10.0. The topological polar surface area (TPSA) is 71.2 Å². The second-order valence-electron chi connectivity index (χ2n) is 7.12. The lowest BCUT2D eigenvalue weighted by Gasteiger charge is -2.33. The van der Waals surface area contributed by atoms with Crippen molar-refractivity contribution in [2.75, 3.05) is 91.6 Å². The molecule has 2 fully saturated rings. The van der Waals surface area contributed by atoms with E-state index in [1.807, 2.05) is 0 Å². The van der Waals surface area contributed by atoms with Crippen molar-refractivity contribution < 1.29 is 9.59 Å². The second kappa shape index (κ2) is 11.5. The number of rotatable bonds is 9. The van der Waals surface area contributed by atoms with Crippen LogP contribution < -0.4 is 10.6 Å². The number of piperazine rings is 2. The Morgan fingerprint density at radius 3 is 1.23 bits per heavy atom. The quantitative estimate of drug-likeness (QED) is 0.483. The normalized spacial score (nSPS) is 20.8. The Hall–Kier alpha value is -1.22. The molecule has 0 aromatic rings. The lowest BCUT2D eigenvalue weighted by molar-refractivity contribution is -0.124. The summed E-state index contributed by atoms with van der Waals surface area (Å²) in [5, 5.41) is 5.80. The average molecular weight is 369 g/mol. The molecule has 0 radical (unpaired) electrons. The molecule has 2 N–H and O–H groups in total. The molecule has 0 bridgehead atoms. The lowest BCUT2D eigenvalue weighted by atomic mass is 10.3. The van der Waals surface area contributed by atoms with Crippen LogP contribution in [-0.2, 0) is 9.59 Å².